The normalized spacial score (nSPS) is 12.6. The lowest BCUT2D eigenvalue weighted by Gasteiger charge is -2.18. The van der Waals surface area contributed by atoms with E-state index in [1.807, 2.05) is 0 Å². The number of hydrogen-bond donors (Lipinski definition) is 0. The summed E-state index contributed by atoms with van der Waals surface area (Å²) < 4.78 is 16.8. The van der Waals surface area contributed by atoms with Crippen LogP contribution in [0.25, 0.3) is 0 Å². The Hall–Kier alpha value is -3.15. The summed E-state index contributed by atoms with van der Waals surface area (Å²) in [6.45, 7) is 6.51. The fourth-order valence-electron chi connectivity index (χ4n) is 8.33. The van der Waals surface area contributed by atoms with Crippen LogP contribution in [0.4, 0.5) is 0 Å². The Morgan fingerprint density at radius 1 is 0.304 bits per heavy atom. The van der Waals surface area contributed by atoms with E-state index in [0.29, 0.717) is 19.3 Å². The van der Waals surface area contributed by atoms with Gasteiger partial charge >= 0.3 is 17.9 Å². The molecule has 0 aromatic heterocycles. The van der Waals surface area contributed by atoms with Crippen molar-refractivity contribution in [3.8, 4) is 0 Å². The minimum Gasteiger partial charge on any atom is -0.462 e. The predicted octanol–water partition coefficient (Wildman–Crippen LogP) is 19.8. The largest absolute Gasteiger partial charge is 0.462 e. The van der Waals surface area contributed by atoms with Gasteiger partial charge in [0.1, 0.15) is 13.2 Å². The molecule has 0 aliphatic heterocycles. The van der Waals surface area contributed by atoms with Crippen LogP contribution in [-0.4, -0.2) is 37.2 Å². The molecule has 0 heterocycles. The summed E-state index contributed by atoms with van der Waals surface area (Å²) in [5.74, 6) is -0.921. The molecular formula is C63H110O6. The molecular weight excluding hydrogens is 853 g/mol. The Balaban J connectivity index is 4.35. The number of esters is 3. The maximum Gasteiger partial charge on any atom is 0.306 e. The number of unbranched alkanes of at least 4 members (excludes halogenated alkanes) is 30. The van der Waals surface area contributed by atoms with Crippen molar-refractivity contribution in [1.82, 2.24) is 0 Å². The molecule has 0 aromatic rings. The molecule has 398 valence electrons. The van der Waals surface area contributed by atoms with E-state index in [1.165, 1.54) is 154 Å². The molecule has 6 nitrogen and oxygen atoms in total. The average Bonchev–Trinajstić information content (AvgIpc) is 3.35. The molecule has 0 saturated heterocycles. The zero-order valence-electron chi connectivity index (χ0n) is 45.6. The van der Waals surface area contributed by atoms with Crippen molar-refractivity contribution in [2.45, 2.75) is 297 Å². The molecule has 0 spiro atoms. The Bertz CT molecular complexity index is 1290. The van der Waals surface area contributed by atoms with Crippen molar-refractivity contribution < 1.29 is 28.6 Å². The molecule has 6 heteroatoms. The fourth-order valence-corrected chi connectivity index (χ4v) is 8.33. The maximum absolute atomic E-state index is 12.9. The van der Waals surface area contributed by atoms with E-state index in [1.54, 1.807) is 0 Å². The first-order valence-corrected chi connectivity index (χ1v) is 29.4. The SMILES string of the molecule is CC/C=C\C/C=C\C/C=C\C/C=C\C/C=C\C/C=C\CCCCC(=O)OCC(COC(=O)CCCCCCCCCCCC)OC(=O)CCCCCCCCCCCCCCCCCCCCCC. The van der Waals surface area contributed by atoms with Crippen molar-refractivity contribution in [3.63, 3.8) is 0 Å². The van der Waals surface area contributed by atoms with Crippen LogP contribution in [0.15, 0.2) is 72.9 Å². The summed E-state index contributed by atoms with van der Waals surface area (Å²) in [7, 11) is 0. The highest BCUT2D eigenvalue weighted by Crippen LogP contribution is 2.16. The molecule has 1 unspecified atom stereocenters. The Morgan fingerprint density at radius 2 is 0.565 bits per heavy atom. The third-order valence-corrected chi connectivity index (χ3v) is 12.7. The number of hydrogen-bond acceptors (Lipinski definition) is 6. The van der Waals surface area contributed by atoms with Crippen molar-refractivity contribution >= 4 is 17.9 Å². The Morgan fingerprint density at radius 3 is 0.884 bits per heavy atom. The smallest absolute Gasteiger partial charge is 0.306 e. The third kappa shape index (κ3) is 55.6. The van der Waals surface area contributed by atoms with Crippen molar-refractivity contribution in [1.29, 1.82) is 0 Å². The van der Waals surface area contributed by atoms with E-state index in [4.69, 9.17) is 14.2 Å². The lowest BCUT2D eigenvalue weighted by Crippen LogP contribution is -2.30. The molecule has 0 rings (SSSR count). The van der Waals surface area contributed by atoms with Crippen LogP contribution in [0.5, 0.6) is 0 Å². The summed E-state index contributed by atoms with van der Waals surface area (Å²) in [4.78, 5) is 38.1. The van der Waals surface area contributed by atoms with Crippen molar-refractivity contribution in [2.75, 3.05) is 13.2 Å². The first-order valence-electron chi connectivity index (χ1n) is 29.4. The molecule has 0 N–H and O–H groups in total. The number of carbonyl (C=O) groups excluding carboxylic acids is 3. The lowest BCUT2D eigenvalue weighted by molar-refractivity contribution is -0.167. The molecule has 0 radical (unpaired) electrons. The number of carbonyl (C=O) groups is 3. The zero-order chi connectivity index (χ0) is 50.0. The second-order valence-electron chi connectivity index (χ2n) is 19.5. The number of ether oxygens (including phenoxy) is 3. The second-order valence-corrected chi connectivity index (χ2v) is 19.5. The van der Waals surface area contributed by atoms with E-state index in [9.17, 15) is 14.4 Å². The van der Waals surface area contributed by atoms with Crippen LogP contribution in [0, 0.1) is 0 Å². The number of allylic oxidation sites excluding steroid dienone is 12. The van der Waals surface area contributed by atoms with Gasteiger partial charge in [-0.2, -0.15) is 0 Å². The van der Waals surface area contributed by atoms with Crippen LogP contribution in [0.2, 0.25) is 0 Å². The maximum atomic E-state index is 12.9. The predicted molar refractivity (Wildman–Crippen MR) is 298 cm³/mol. The first kappa shape index (κ1) is 65.8. The third-order valence-electron chi connectivity index (χ3n) is 12.7. The van der Waals surface area contributed by atoms with Gasteiger partial charge in [-0.1, -0.05) is 273 Å². The van der Waals surface area contributed by atoms with Gasteiger partial charge in [0, 0.05) is 19.3 Å². The fraction of sp³-hybridized carbons (Fsp3) is 0.762. The van der Waals surface area contributed by atoms with E-state index in [-0.39, 0.29) is 31.1 Å². The standard InChI is InChI=1S/C63H110O6/c1-4-7-10-13-16-19-22-24-26-28-30-32-34-35-37-39-41-44-47-50-53-56-62(65)68-59-60(58-67-61(64)55-52-49-46-43-21-18-15-12-9-6-3)69-63(66)57-54-51-48-45-42-40-38-36-33-31-29-27-25-23-20-17-14-11-8-5-2/h7,10,16,19,24,26,30,32,35,37,41,44,60H,4-6,8-9,11-15,17-18,20-23,25,27-29,31,33-34,36,38-40,42-43,45-59H2,1-3H3/b10-7-,19-16-,26-24-,32-30-,37-35-,44-41-. The van der Waals surface area contributed by atoms with Gasteiger partial charge in [0.25, 0.3) is 0 Å². The van der Waals surface area contributed by atoms with Crippen molar-refractivity contribution in [3.05, 3.63) is 72.9 Å². The van der Waals surface area contributed by atoms with Crippen LogP contribution in [0.3, 0.4) is 0 Å². The molecule has 0 bridgehead atoms. The van der Waals surface area contributed by atoms with Crippen molar-refractivity contribution in [2.24, 2.45) is 0 Å². The molecule has 0 amide bonds. The zero-order valence-corrected chi connectivity index (χ0v) is 45.6. The monoisotopic (exact) mass is 963 g/mol. The minimum absolute atomic E-state index is 0.0858. The Labute approximate surface area is 427 Å². The summed E-state index contributed by atoms with van der Waals surface area (Å²) in [5, 5.41) is 0. The van der Waals surface area contributed by atoms with Gasteiger partial charge in [-0.3, -0.25) is 14.4 Å². The summed E-state index contributed by atoms with van der Waals surface area (Å²) in [6, 6.07) is 0. The van der Waals surface area contributed by atoms with Gasteiger partial charge in [-0.05, 0) is 70.6 Å². The average molecular weight is 964 g/mol. The summed E-state index contributed by atoms with van der Waals surface area (Å²) >= 11 is 0. The van der Waals surface area contributed by atoms with Gasteiger partial charge in [-0.25, -0.2) is 0 Å². The highest BCUT2D eigenvalue weighted by Gasteiger charge is 2.19. The molecule has 0 saturated carbocycles. The topological polar surface area (TPSA) is 78.9 Å². The van der Waals surface area contributed by atoms with Crippen LogP contribution in [0.1, 0.15) is 290 Å². The second kappa shape index (κ2) is 57.4. The van der Waals surface area contributed by atoms with E-state index in [2.05, 4.69) is 93.7 Å². The quantitative estimate of drug-likeness (QED) is 0.0262. The molecule has 0 aromatic carbocycles. The lowest BCUT2D eigenvalue weighted by atomic mass is 10.0. The first-order chi connectivity index (χ1) is 34.0. The molecule has 0 aliphatic rings. The van der Waals surface area contributed by atoms with Crippen LogP contribution >= 0.6 is 0 Å². The minimum atomic E-state index is -0.790. The molecule has 69 heavy (non-hydrogen) atoms. The van der Waals surface area contributed by atoms with Gasteiger partial charge in [0.15, 0.2) is 6.10 Å². The van der Waals surface area contributed by atoms with Crippen LogP contribution in [-0.2, 0) is 28.6 Å². The van der Waals surface area contributed by atoms with E-state index < -0.39 is 6.10 Å². The van der Waals surface area contributed by atoms with Gasteiger partial charge in [0.05, 0.1) is 0 Å². The summed E-state index contributed by atoms with van der Waals surface area (Å²) in [6.07, 6.45) is 73.3. The molecule has 0 aliphatic carbocycles. The number of rotatable bonds is 53. The van der Waals surface area contributed by atoms with Gasteiger partial charge in [-0.15, -0.1) is 0 Å². The van der Waals surface area contributed by atoms with E-state index in [0.717, 1.165) is 96.3 Å². The highest BCUT2D eigenvalue weighted by atomic mass is 16.6. The van der Waals surface area contributed by atoms with Gasteiger partial charge < -0.3 is 14.2 Å². The summed E-state index contributed by atoms with van der Waals surface area (Å²) in [5.41, 5.74) is 0. The van der Waals surface area contributed by atoms with Gasteiger partial charge in [0.2, 0.25) is 0 Å². The molecule has 1 atom stereocenters. The highest BCUT2D eigenvalue weighted by molar-refractivity contribution is 5.71. The molecule has 0 fully saturated rings. The Kier molecular flexibility index (Phi) is 54.8. The van der Waals surface area contributed by atoms with E-state index >= 15 is 0 Å². The van der Waals surface area contributed by atoms with Crippen LogP contribution < -0.4 is 0 Å².